The summed E-state index contributed by atoms with van der Waals surface area (Å²) < 4.78 is 2.18. The molecule has 3 rings (SSSR count). The first-order valence-corrected chi connectivity index (χ1v) is 8.32. The number of imidazole rings is 1. The second kappa shape index (κ2) is 6.81. The molecule has 0 amide bonds. The quantitative estimate of drug-likeness (QED) is 0.848. The zero-order valence-electron chi connectivity index (χ0n) is 14.6. The Morgan fingerprint density at radius 1 is 1.30 bits per heavy atom. The van der Waals surface area contributed by atoms with Gasteiger partial charge in [-0.05, 0) is 51.5 Å². The molecule has 3 heterocycles. The van der Waals surface area contributed by atoms with Crippen LogP contribution in [0, 0.1) is 12.8 Å². The van der Waals surface area contributed by atoms with Gasteiger partial charge in [-0.1, -0.05) is 6.07 Å². The van der Waals surface area contributed by atoms with E-state index < -0.39 is 0 Å². The average Bonchev–Trinajstić information content (AvgIpc) is 3.05. The fourth-order valence-corrected chi connectivity index (χ4v) is 3.73. The van der Waals surface area contributed by atoms with E-state index in [0.717, 1.165) is 25.5 Å². The highest BCUT2D eigenvalue weighted by atomic mass is 15.2. The molecule has 0 radical (unpaired) electrons. The van der Waals surface area contributed by atoms with Crippen LogP contribution in [0.15, 0.2) is 30.7 Å². The minimum atomic E-state index is 0.472. The fourth-order valence-electron chi connectivity index (χ4n) is 3.73. The van der Waals surface area contributed by atoms with Crippen LogP contribution >= 0.6 is 0 Å². The summed E-state index contributed by atoms with van der Waals surface area (Å²) in [6, 6.07) is 4.72. The first-order chi connectivity index (χ1) is 11.1. The lowest BCUT2D eigenvalue weighted by Crippen LogP contribution is -2.30. The topological polar surface area (TPSA) is 37.2 Å². The maximum absolute atomic E-state index is 4.40. The van der Waals surface area contributed by atoms with E-state index in [4.69, 9.17) is 0 Å². The Labute approximate surface area is 139 Å². The smallest absolute Gasteiger partial charge is 0.105 e. The van der Waals surface area contributed by atoms with Gasteiger partial charge in [-0.15, -0.1) is 0 Å². The van der Waals surface area contributed by atoms with Crippen LogP contribution in [0.2, 0.25) is 0 Å². The Bertz CT molecular complexity index is 636. The SMILES string of the molecule is Cc1ncc(CN(C)C[C@@H]2CCN(C)[C@H]2c2cccnc2)n1C. The van der Waals surface area contributed by atoms with Gasteiger partial charge in [0, 0.05) is 44.8 Å². The third kappa shape index (κ3) is 3.46. The summed E-state index contributed by atoms with van der Waals surface area (Å²) >= 11 is 0. The molecule has 0 N–H and O–H groups in total. The van der Waals surface area contributed by atoms with Crippen LogP contribution in [0.5, 0.6) is 0 Å². The van der Waals surface area contributed by atoms with E-state index in [2.05, 4.69) is 51.5 Å². The third-order valence-electron chi connectivity index (χ3n) is 5.09. The summed E-state index contributed by atoms with van der Waals surface area (Å²) in [6.45, 7) is 5.24. The van der Waals surface area contributed by atoms with Crippen LogP contribution in [0.4, 0.5) is 0 Å². The lowest BCUT2D eigenvalue weighted by Gasteiger charge is -2.28. The van der Waals surface area contributed by atoms with Crippen molar-refractivity contribution in [3.05, 3.63) is 47.8 Å². The molecular formula is C18H27N5. The van der Waals surface area contributed by atoms with E-state index in [-0.39, 0.29) is 0 Å². The number of aromatic nitrogens is 3. The Hall–Kier alpha value is -1.72. The Kier molecular flexibility index (Phi) is 4.78. The minimum absolute atomic E-state index is 0.472. The fraction of sp³-hybridized carbons (Fsp3) is 0.556. The highest BCUT2D eigenvalue weighted by molar-refractivity contribution is 5.17. The standard InChI is InChI=1S/C18H27N5/c1-14-20-11-17(23(14)4)13-21(2)12-16-7-9-22(3)18(16)15-6-5-8-19-10-15/h5-6,8,10-11,16,18H,7,9,12-13H2,1-4H3/t16-,18-/m0/s1. The number of hydrogen-bond donors (Lipinski definition) is 0. The van der Waals surface area contributed by atoms with Gasteiger partial charge in [-0.3, -0.25) is 9.88 Å². The first kappa shape index (κ1) is 16.1. The molecule has 0 aromatic carbocycles. The predicted molar refractivity (Wildman–Crippen MR) is 92.0 cm³/mol. The molecule has 5 heteroatoms. The molecule has 2 atom stereocenters. The van der Waals surface area contributed by atoms with E-state index >= 15 is 0 Å². The van der Waals surface area contributed by atoms with Gasteiger partial charge in [0.05, 0.1) is 5.69 Å². The van der Waals surface area contributed by atoms with Crippen LogP contribution in [0.1, 0.15) is 29.5 Å². The minimum Gasteiger partial charge on any atom is -0.334 e. The summed E-state index contributed by atoms with van der Waals surface area (Å²) in [5.41, 5.74) is 2.61. The van der Waals surface area contributed by atoms with E-state index in [1.807, 2.05) is 31.6 Å². The molecule has 1 fully saturated rings. The molecule has 1 aliphatic heterocycles. The van der Waals surface area contributed by atoms with Crippen molar-refractivity contribution in [2.75, 3.05) is 27.2 Å². The Morgan fingerprint density at radius 2 is 2.13 bits per heavy atom. The van der Waals surface area contributed by atoms with Crippen LogP contribution in [-0.2, 0) is 13.6 Å². The Balaban J connectivity index is 1.67. The largest absolute Gasteiger partial charge is 0.334 e. The number of aryl methyl sites for hydroxylation is 1. The molecule has 0 saturated carbocycles. The van der Waals surface area contributed by atoms with E-state index in [9.17, 15) is 0 Å². The van der Waals surface area contributed by atoms with Crippen molar-refractivity contribution in [1.29, 1.82) is 0 Å². The number of hydrogen-bond acceptors (Lipinski definition) is 4. The van der Waals surface area contributed by atoms with Gasteiger partial charge in [0.25, 0.3) is 0 Å². The number of pyridine rings is 1. The highest BCUT2D eigenvalue weighted by Crippen LogP contribution is 2.36. The van der Waals surface area contributed by atoms with E-state index in [1.54, 1.807) is 0 Å². The zero-order valence-corrected chi connectivity index (χ0v) is 14.6. The predicted octanol–water partition coefficient (Wildman–Crippen LogP) is 2.25. The lowest BCUT2D eigenvalue weighted by molar-refractivity contribution is 0.211. The van der Waals surface area contributed by atoms with Crippen molar-refractivity contribution in [1.82, 2.24) is 24.3 Å². The molecule has 1 saturated heterocycles. The van der Waals surface area contributed by atoms with Gasteiger partial charge in [0.15, 0.2) is 0 Å². The zero-order chi connectivity index (χ0) is 16.4. The maximum atomic E-state index is 4.40. The monoisotopic (exact) mass is 313 g/mol. The van der Waals surface area contributed by atoms with Gasteiger partial charge < -0.3 is 9.47 Å². The van der Waals surface area contributed by atoms with Crippen molar-refractivity contribution >= 4 is 0 Å². The van der Waals surface area contributed by atoms with Gasteiger partial charge in [-0.2, -0.15) is 0 Å². The van der Waals surface area contributed by atoms with Crippen LogP contribution < -0.4 is 0 Å². The molecule has 2 aromatic rings. The summed E-state index contributed by atoms with van der Waals surface area (Å²) in [4.78, 5) is 13.6. The van der Waals surface area contributed by atoms with Crippen molar-refractivity contribution in [2.45, 2.75) is 25.9 Å². The van der Waals surface area contributed by atoms with Gasteiger partial charge >= 0.3 is 0 Å². The van der Waals surface area contributed by atoms with Gasteiger partial charge in [-0.25, -0.2) is 4.98 Å². The molecule has 5 nitrogen and oxygen atoms in total. The average molecular weight is 313 g/mol. The van der Waals surface area contributed by atoms with Gasteiger partial charge in [0.1, 0.15) is 5.82 Å². The number of likely N-dealkylation sites (tertiary alicyclic amines) is 1. The molecule has 124 valence electrons. The first-order valence-electron chi connectivity index (χ1n) is 8.32. The molecule has 0 unspecified atom stereocenters. The second-order valence-electron chi connectivity index (χ2n) is 6.81. The summed E-state index contributed by atoms with van der Waals surface area (Å²) in [7, 11) is 6.52. The van der Waals surface area contributed by atoms with Crippen molar-refractivity contribution < 1.29 is 0 Å². The maximum Gasteiger partial charge on any atom is 0.105 e. The molecular weight excluding hydrogens is 286 g/mol. The summed E-state index contributed by atoms with van der Waals surface area (Å²) in [5.74, 6) is 1.71. The molecule has 2 aromatic heterocycles. The number of rotatable bonds is 5. The van der Waals surface area contributed by atoms with Gasteiger partial charge in [0.2, 0.25) is 0 Å². The van der Waals surface area contributed by atoms with Crippen molar-refractivity contribution in [3.8, 4) is 0 Å². The normalized spacial score (nSPS) is 22.1. The summed E-state index contributed by atoms with van der Waals surface area (Å²) in [5, 5.41) is 0. The molecule has 0 bridgehead atoms. The molecule has 23 heavy (non-hydrogen) atoms. The molecule has 0 spiro atoms. The highest BCUT2D eigenvalue weighted by Gasteiger charge is 2.33. The van der Waals surface area contributed by atoms with Crippen molar-refractivity contribution in [3.63, 3.8) is 0 Å². The van der Waals surface area contributed by atoms with Crippen molar-refractivity contribution in [2.24, 2.45) is 13.0 Å². The summed E-state index contributed by atoms with van der Waals surface area (Å²) in [6.07, 6.45) is 7.10. The van der Waals surface area contributed by atoms with Crippen LogP contribution in [0.25, 0.3) is 0 Å². The Morgan fingerprint density at radius 3 is 2.78 bits per heavy atom. The van der Waals surface area contributed by atoms with E-state index in [1.165, 1.54) is 17.7 Å². The van der Waals surface area contributed by atoms with Crippen LogP contribution in [-0.4, -0.2) is 51.5 Å². The van der Waals surface area contributed by atoms with Crippen LogP contribution in [0.3, 0.4) is 0 Å². The lowest BCUT2D eigenvalue weighted by atomic mass is 9.94. The molecule has 0 aliphatic carbocycles. The number of nitrogens with zero attached hydrogens (tertiary/aromatic N) is 5. The third-order valence-corrected chi connectivity index (χ3v) is 5.09. The second-order valence-corrected chi connectivity index (χ2v) is 6.81. The van der Waals surface area contributed by atoms with E-state index in [0.29, 0.717) is 12.0 Å². The molecule has 1 aliphatic rings.